The molecule has 24 heavy (non-hydrogen) atoms. The van der Waals surface area contributed by atoms with Crippen LogP contribution in [0.4, 0.5) is 4.79 Å². The first-order valence-corrected chi connectivity index (χ1v) is 8.72. The summed E-state index contributed by atoms with van der Waals surface area (Å²) in [5, 5.41) is 6.03. The molecule has 0 unspecified atom stereocenters. The van der Waals surface area contributed by atoms with Crippen molar-refractivity contribution in [2.24, 2.45) is 4.99 Å². The quantitative estimate of drug-likeness (QED) is 0.740. The Balaban J connectivity index is 2.01. The van der Waals surface area contributed by atoms with Gasteiger partial charge < -0.3 is 15.4 Å². The van der Waals surface area contributed by atoms with Crippen molar-refractivity contribution in [3.05, 3.63) is 40.5 Å². The second-order valence-electron chi connectivity index (χ2n) is 6.86. The largest absolute Gasteiger partial charge is 0.444 e. The summed E-state index contributed by atoms with van der Waals surface area (Å²) in [6.45, 7) is 5.54. The highest BCUT2D eigenvalue weighted by atomic mass is 79.9. The molecule has 0 spiro atoms. The Hall–Kier alpha value is -1.82. The lowest BCUT2D eigenvalue weighted by Crippen LogP contribution is -2.41. The zero-order valence-electron chi connectivity index (χ0n) is 14.5. The van der Waals surface area contributed by atoms with Crippen molar-refractivity contribution >= 4 is 33.9 Å². The number of carbonyl (C=O) groups is 1. The number of nitrogens with zero attached hydrogens (tertiary/aromatic N) is 1. The molecule has 1 aliphatic carbocycles. The second-order valence-corrected chi connectivity index (χ2v) is 7.78. The Labute approximate surface area is 151 Å². The van der Waals surface area contributed by atoms with Gasteiger partial charge in [-0.2, -0.15) is 0 Å². The van der Waals surface area contributed by atoms with E-state index in [1.54, 1.807) is 12.4 Å². The lowest BCUT2D eigenvalue weighted by atomic mass is 10.2. The predicted molar refractivity (Wildman–Crippen MR) is 101 cm³/mol. The van der Waals surface area contributed by atoms with Gasteiger partial charge in [0.1, 0.15) is 5.60 Å². The molecule has 5 nitrogen and oxygen atoms in total. The molecule has 0 saturated heterocycles. The van der Waals surface area contributed by atoms with E-state index in [1.807, 2.05) is 52.1 Å². The van der Waals surface area contributed by atoms with Crippen LogP contribution in [0.1, 0.15) is 39.2 Å². The lowest BCUT2D eigenvalue weighted by Gasteiger charge is -2.21. The molecule has 1 aromatic carbocycles. The molecule has 1 aromatic rings. The Morgan fingerprint density at radius 1 is 1.29 bits per heavy atom. The fraction of sp³-hybridized carbons (Fsp3) is 0.444. The summed E-state index contributed by atoms with van der Waals surface area (Å²) in [7, 11) is 1.86. The maximum atomic E-state index is 11.9. The highest BCUT2D eigenvalue weighted by molar-refractivity contribution is 9.10. The smallest absolute Gasteiger partial charge is 0.408 e. The first-order chi connectivity index (χ1) is 11.2. The summed E-state index contributed by atoms with van der Waals surface area (Å²) in [5.41, 5.74) is 1.07. The minimum absolute atomic E-state index is 0.378. The van der Waals surface area contributed by atoms with Crippen molar-refractivity contribution in [2.75, 3.05) is 7.05 Å². The molecule has 0 radical (unpaired) electrons. The van der Waals surface area contributed by atoms with E-state index in [2.05, 4.69) is 31.6 Å². The van der Waals surface area contributed by atoms with Crippen LogP contribution in [0.5, 0.6) is 0 Å². The lowest BCUT2D eigenvalue weighted by molar-refractivity contribution is 0.0514. The van der Waals surface area contributed by atoms with Crippen molar-refractivity contribution in [3.8, 4) is 0 Å². The Kier molecular flexibility index (Phi) is 5.70. The van der Waals surface area contributed by atoms with E-state index in [-0.39, 0.29) is 5.54 Å². The van der Waals surface area contributed by atoms with E-state index in [0.717, 1.165) is 28.6 Å². The summed E-state index contributed by atoms with van der Waals surface area (Å²) in [6, 6.07) is 7.98. The number of hydrogen-bond acceptors (Lipinski definition) is 4. The van der Waals surface area contributed by atoms with Gasteiger partial charge in [0.2, 0.25) is 0 Å². The van der Waals surface area contributed by atoms with Crippen molar-refractivity contribution in [2.45, 2.75) is 44.8 Å². The fourth-order valence-electron chi connectivity index (χ4n) is 2.10. The third-order valence-corrected chi connectivity index (χ3v) is 4.02. The molecule has 1 aliphatic rings. The van der Waals surface area contributed by atoms with Crippen LogP contribution in [0.15, 0.2) is 39.9 Å². The molecule has 130 valence electrons. The van der Waals surface area contributed by atoms with Crippen molar-refractivity contribution in [3.63, 3.8) is 0 Å². The Morgan fingerprint density at radius 2 is 1.92 bits per heavy atom. The molecule has 0 aliphatic heterocycles. The van der Waals surface area contributed by atoms with E-state index in [9.17, 15) is 4.79 Å². The first-order valence-electron chi connectivity index (χ1n) is 7.92. The Morgan fingerprint density at radius 3 is 2.42 bits per heavy atom. The number of ether oxygens (including phenoxy) is 1. The third kappa shape index (κ3) is 5.67. The van der Waals surface area contributed by atoms with E-state index >= 15 is 0 Å². The summed E-state index contributed by atoms with van der Waals surface area (Å²) in [6.07, 6.45) is 4.89. The number of amides is 1. The molecule has 0 aromatic heterocycles. The zero-order chi connectivity index (χ0) is 17.8. The van der Waals surface area contributed by atoms with Gasteiger partial charge in [-0.1, -0.05) is 28.1 Å². The molecular formula is C18H24BrN3O2. The van der Waals surface area contributed by atoms with Gasteiger partial charge in [-0.25, -0.2) is 4.79 Å². The van der Waals surface area contributed by atoms with Gasteiger partial charge in [-0.15, -0.1) is 0 Å². The summed E-state index contributed by atoms with van der Waals surface area (Å²) >= 11 is 3.43. The van der Waals surface area contributed by atoms with E-state index in [4.69, 9.17) is 4.74 Å². The van der Waals surface area contributed by atoms with Crippen molar-refractivity contribution < 1.29 is 9.53 Å². The van der Waals surface area contributed by atoms with Gasteiger partial charge in [0.25, 0.3) is 0 Å². The highest BCUT2D eigenvalue weighted by Crippen LogP contribution is 2.33. The number of benzene rings is 1. The molecule has 1 saturated carbocycles. The van der Waals surface area contributed by atoms with Crippen LogP contribution in [0.3, 0.4) is 0 Å². The minimum Gasteiger partial charge on any atom is -0.444 e. The van der Waals surface area contributed by atoms with Crippen LogP contribution in [0.25, 0.3) is 5.70 Å². The average Bonchev–Trinajstić information content (AvgIpc) is 3.22. The number of hydrogen-bond donors (Lipinski definition) is 2. The number of alkyl carbamates (subject to hydrolysis) is 1. The predicted octanol–water partition coefficient (Wildman–Crippen LogP) is 4.10. The normalized spacial score (nSPS) is 16.8. The molecule has 0 bridgehead atoms. The molecule has 2 N–H and O–H groups in total. The van der Waals surface area contributed by atoms with Crippen molar-refractivity contribution in [1.82, 2.24) is 10.6 Å². The van der Waals surface area contributed by atoms with Crippen LogP contribution in [-0.2, 0) is 4.74 Å². The average molecular weight is 394 g/mol. The maximum absolute atomic E-state index is 11.9. The van der Waals surface area contributed by atoms with Crippen LogP contribution in [0.2, 0.25) is 0 Å². The van der Waals surface area contributed by atoms with Gasteiger partial charge in [0, 0.05) is 17.7 Å². The zero-order valence-corrected chi connectivity index (χ0v) is 16.1. The molecule has 6 heteroatoms. The number of halogens is 1. The van der Waals surface area contributed by atoms with Gasteiger partial charge in [0.05, 0.1) is 17.4 Å². The fourth-order valence-corrected chi connectivity index (χ4v) is 2.36. The number of carbonyl (C=O) groups excluding carboxylic acids is 1. The molecule has 2 rings (SSSR count). The molecule has 0 heterocycles. The molecule has 1 amide bonds. The third-order valence-electron chi connectivity index (χ3n) is 3.49. The van der Waals surface area contributed by atoms with Gasteiger partial charge in [0.15, 0.2) is 0 Å². The van der Waals surface area contributed by atoms with Crippen LogP contribution in [-0.4, -0.2) is 30.5 Å². The van der Waals surface area contributed by atoms with Crippen LogP contribution in [0, 0.1) is 0 Å². The summed E-state index contributed by atoms with van der Waals surface area (Å²) in [4.78, 5) is 16.3. The van der Waals surface area contributed by atoms with Crippen LogP contribution >= 0.6 is 15.9 Å². The summed E-state index contributed by atoms with van der Waals surface area (Å²) in [5.74, 6) is 0. The molecule has 1 fully saturated rings. The van der Waals surface area contributed by atoms with E-state index in [0.29, 0.717) is 0 Å². The standard InChI is InChI=1S/C18H24BrN3O2/c1-17(2,3)24-16(23)22-18(9-10-18)12-21-11-15(20-4)13-5-7-14(19)8-6-13/h5-8,11-12,20H,9-10H2,1-4H3,(H,22,23)/b15-11-,21-12?. The monoisotopic (exact) mass is 393 g/mol. The van der Waals surface area contributed by atoms with Crippen LogP contribution < -0.4 is 10.6 Å². The van der Waals surface area contributed by atoms with Crippen molar-refractivity contribution in [1.29, 1.82) is 0 Å². The highest BCUT2D eigenvalue weighted by Gasteiger charge is 2.43. The summed E-state index contributed by atoms with van der Waals surface area (Å²) < 4.78 is 6.33. The van der Waals surface area contributed by atoms with Gasteiger partial charge in [-0.05, 0) is 51.3 Å². The van der Waals surface area contributed by atoms with Gasteiger partial charge in [-0.3, -0.25) is 4.99 Å². The maximum Gasteiger partial charge on any atom is 0.408 e. The number of rotatable bonds is 5. The minimum atomic E-state index is -0.502. The van der Waals surface area contributed by atoms with E-state index in [1.165, 1.54) is 0 Å². The second kappa shape index (κ2) is 7.38. The molecule has 0 atom stereocenters. The van der Waals surface area contributed by atoms with Gasteiger partial charge >= 0.3 is 6.09 Å². The first kappa shape index (κ1) is 18.5. The Bertz CT molecular complexity index is 641. The van der Waals surface area contributed by atoms with E-state index < -0.39 is 11.7 Å². The SMILES string of the molecule is CN/C(=C\N=CC1(NC(=O)OC(C)(C)C)CC1)c1ccc(Br)cc1. The number of nitrogens with one attached hydrogen (secondary N) is 2. The molecular weight excluding hydrogens is 370 g/mol. The number of aliphatic imine (C=N–C) groups is 1. The topological polar surface area (TPSA) is 62.7 Å².